The Morgan fingerprint density at radius 1 is 0.967 bits per heavy atom. The van der Waals surface area contributed by atoms with Crippen LogP contribution in [-0.2, 0) is 9.53 Å². The number of carbonyl (C=O) groups excluding carboxylic acids is 1. The number of hydrogen-bond donors (Lipinski definition) is 2. The molecule has 3 aliphatic rings. The fourth-order valence-corrected chi connectivity index (χ4v) is 5.57. The van der Waals surface area contributed by atoms with Crippen LogP contribution in [0.4, 0.5) is 4.79 Å². The van der Waals surface area contributed by atoms with E-state index >= 15 is 0 Å². The summed E-state index contributed by atoms with van der Waals surface area (Å²) in [4.78, 5) is 24.0. The van der Waals surface area contributed by atoms with E-state index in [4.69, 9.17) is 4.74 Å². The van der Waals surface area contributed by atoms with Crippen LogP contribution in [0.5, 0.6) is 0 Å². The highest BCUT2D eigenvalue weighted by atomic mass is 16.5. The lowest BCUT2D eigenvalue weighted by Crippen LogP contribution is -2.43. The maximum atomic E-state index is 12.6. The van der Waals surface area contributed by atoms with E-state index in [1.54, 1.807) is 0 Å². The highest BCUT2D eigenvalue weighted by molar-refractivity contribution is 5.79. The van der Waals surface area contributed by atoms with Crippen LogP contribution in [0.15, 0.2) is 48.5 Å². The molecule has 0 aromatic heterocycles. The molecule has 5 nitrogen and oxygen atoms in total. The quantitative estimate of drug-likeness (QED) is 0.724. The maximum absolute atomic E-state index is 12.6. The zero-order valence-electron chi connectivity index (χ0n) is 16.9. The molecular weight excluding hydrogens is 378 g/mol. The first-order valence-corrected chi connectivity index (χ1v) is 10.9. The van der Waals surface area contributed by atoms with Gasteiger partial charge in [0.05, 0.1) is 6.42 Å². The largest absolute Gasteiger partial charge is 0.481 e. The summed E-state index contributed by atoms with van der Waals surface area (Å²) < 4.78 is 5.64. The van der Waals surface area contributed by atoms with Crippen molar-refractivity contribution in [3.05, 3.63) is 59.7 Å². The molecule has 0 spiro atoms. The second kappa shape index (κ2) is 7.78. The van der Waals surface area contributed by atoms with E-state index in [0.29, 0.717) is 0 Å². The van der Waals surface area contributed by atoms with E-state index < -0.39 is 12.1 Å². The van der Waals surface area contributed by atoms with E-state index in [9.17, 15) is 14.7 Å². The van der Waals surface area contributed by atoms with Crippen LogP contribution in [0.1, 0.15) is 49.1 Å². The van der Waals surface area contributed by atoms with Gasteiger partial charge in [-0.2, -0.15) is 0 Å². The smallest absolute Gasteiger partial charge is 0.407 e. The van der Waals surface area contributed by atoms with Gasteiger partial charge in [0.2, 0.25) is 0 Å². The predicted molar refractivity (Wildman–Crippen MR) is 113 cm³/mol. The number of nitrogens with one attached hydrogen (secondary N) is 1. The Kier molecular flexibility index (Phi) is 4.97. The minimum atomic E-state index is -0.878. The van der Waals surface area contributed by atoms with Crippen LogP contribution >= 0.6 is 0 Å². The Balaban J connectivity index is 1.25. The summed E-state index contributed by atoms with van der Waals surface area (Å²) in [5.74, 6) is 0.913. The lowest BCUT2D eigenvalue weighted by atomic mass is 9.82. The number of aliphatic carboxylic acids is 1. The Morgan fingerprint density at radius 2 is 1.63 bits per heavy atom. The molecule has 0 heterocycles. The molecule has 0 radical (unpaired) electrons. The van der Waals surface area contributed by atoms with Gasteiger partial charge in [-0.1, -0.05) is 48.5 Å². The van der Waals surface area contributed by atoms with Crippen LogP contribution in [0.25, 0.3) is 11.1 Å². The van der Waals surface area contributed by atoms with Gasteiger partial charge in [-0.15, -0.1) is 0 Å². The minimum Gasteiger partial charge on any atom is -0.481 e. The summed E-state index contributed by atoms with van der Waals surface area (Å²) >= 11 is 0. The Bertz CT molecular complexity index is 926. The molecule has 0 aliphatic heterocycles. The van der Waals surface area contributed by atoms with Gasteiger partial charge in [-0.05, 0) is 65.7 Å². The van der Waals surface area contributed by atoms with Crippen molar-refractivity contribution >= 4 is 12.1 Å². The van der Waals surface area contributed by atoms with Gasteiger partial charge in [0, 0.05) is 12.0 Å². The Hall–Kier alpha value is -2.82. The standard InChI is InChI=1S/C25H27NO4/c27-24(28)13-23(16-10-9-15-11-17(15)12-16)26-25(29)30-14-22-20-7-3-1-5-18(20)19-6-2-4-8-21(19)22/h1-8,15-17,22-23H,9-14H2,(H,26,29)(H,27,28)/t15?,16?,17?,23-/m0/s1. The SMILES string of the molecule is O=C(O)C[C@H](NC(=O)OCC1c2ccccc2-c2ccccc21)C1CCC2CC2C1. The average molecular weight is 405 g/mol. The molecule has 2 aromatic rings. The number of carboxylic acids is 1. The van der Waals surface area contributed by atoms with Crippen LogP contribution in [0.3, 0.4) is 0 Å². The van der Waals surface area contributed by atoms with Crippen molar-refractivity contribution in [2.75, 3.05) is 6.61 Å². The van der Waals surface area contributed by atoms with Crippen molar-refractivity contribution in [3.63, 3.8) is 0 Å². The topological polar surface area (TPSA) is 75.6 Å². The summed E-state index contributed by atoms with van der Waals surface area (Å²) in [6, 6.07) is 16.1. The van der Waals surface area contributed by atoms with E-state index in [1.165, 1.54) is 28.7 Å². The van der Waals surface area contributed by atoms with Crippen LogP contribution in [-0.4, -0.2) is 29.8 Å². The number of amides is 1. The van der Waals surface area contributed by atoms with Crippen LogP contribution in [0, 0.1) is 17.8 Å². The van der Waals surface area contributed by atoms with Crippen molar-refractivity contribution in [1.82, 2.24) is 5.32 Å². The first-order valence-electron chi connectivity index (χ1n) is 10.9. The molecule has 3 unspecified atom stereocenters. The molecule has 2 saturated carbocycles. The Morgan fingerprint density at radius 3 is 2.27 bits per heavy atom. The molecule has 0 bridgehead atoms. The summed E-state index contributed by atoms with van der Waals surface area (Å²) in [5.41, 5.74) is 4.71. The van der Waals surface area contributed by atoms with Gasteiger partial charge in [-0.25, -0.2) is 4.79 Å². The second-order valence-electron chi connectivity index (χ2n) is 9.00. The lowest BCUT2D eigenvalue weighted by molar-refractivity contribution is -0.137. The third-order valence-electron chi connectivity index (χ3n) is 7.19. The lowest BCUT2D eigenvalue weighted by Gasteiger charge is -2.29. The normalized spacial score (nSPS) is 24.9. The number of ether oxygens (including phenoxy) is 1. The van der Waals surface area contributed by atoms with Crippen molar-refractivity contribution in [2.24, 2.45) is 17.8 Å². The van der Waals surface area contributed by atoms with Gasteiger partial charge in [0.25, 0.3) is 0 Å². The molecule has 30 heavy (non-hydrogen) atoms. The van der Waals surface area contributed by atoms with Crippen molar-refractivity contribution in [3.8, 4) is 11.1 Å². The maximum Gasteiger partial charge on any atom is 0.407 e. The highest BCUT2D eigenvalue weighted by Gasteiger charge is 2.44. The first kappa shape index (κ1) is 19.2. The number of fused-ring (bicyclic) bond motifs is 4. The van der Waals surface area contributed by atoms with Gasteiger partial charge < -0.3 is 15.2 Å². The molecular formula is C25H27NO4. The van der Waals surface area contributed by atoms with Gasteiger partial charge in [0.1, 0.15) is 6.61 Å². The molecule has 4 atom stereocenters. The summed E-state index contributed by atoms with van der Waals surface area (Å²) in [6.45, 7) is 0.245. The minimum absolute atomic E-state index is 0.00276. The molecule has 2 fully saturated rings. The molecule has 2 N–H and O–H groups in total. The van der Waals surface area contributed by atoms with Crippen LogP contribution in [0.2, 0.25) is 0 Å². The van der Waals surface area contributed by atoms with E-state index in [0.717, 1.165) is 31.1 Å². The van der Waals surface area contributed by atoms with Crippen LogP contribution < -0.4 is 5.32 Å². The summed E-state index contributed by atoms with van der Waals surface area (Å²) in [7, 11) is 0. The molecule has 1 amide bonds. The van der Waals surface area contributed by atoms with Crippen molar-refractivity contribution in [2.45, 2.75) is 44.1 Å². The fraction of sp³-hybridized carbons (Fsp3) is 0.440. The number of benzene rings is 2. The molecule has 2 aromatic carbocycles. The molecule has 5 rings (SSSR count). The van der Waals surface area contributed by atoms with E-state index in [2.05, 4.69) is 29.6 Å². The van der Waals surface area contributed by atoms with Crippen molar-refractivity contribution < 1.29 is 19.4 Å². The van der Waals surface area contributed by atoms with E-state index in [-0.39, 0.29) is 30.9 Å². The summed E-state index contributed by atoms with van der Waals surface area (Å²) in [6.07, 6.45) is 3.86. The average Bonchev–Trinajstić information content (AvgIpc) is 3.46. The predicted octanol–water partition coefficient (Wildman–Crippen LogP) is 4.80. The number of rotatable bonds is 6. The molecule has 156 valence electrons. The number of carbonyl (C=O) groups is 2. The third-order valence-corrected chi connectivity index (χ3v) is 7.19. The number of alkyl carbamates (subject to hydrolysis) is 1. The van der Waals surface area contributed by atoms with E-state index in [1.807, 2.05) is 24.3 Å². The number of carboxylic acid groups (broad SMARTS) is 1. The monoisotopic (exact) mass is 405 g/mol. The van der Waals surface area contributed by atoms with Gasteiger partial charge in [0.15, 0.2) is 0 Å². The second-order valence-corrected chi connectivity index (χ2v) is 9.00. The number of hydrogen-bond acceptors (Lipinski definition) is 3. The first-order chi connectivity index (χ1) is 14.6. The molecule has 3 aliphatic carbocycles. The van der Waals surface area contributed by atoms with Gasteiger partial charge in [-0.3, -0.25) is 4.79 Å². The third kappa shape index (κ3) is 3.69. The summed E-state index contributed by atoms with van der Waals surface area (Å²) in [5, 5.41) is 12.2. The molecule has 5 heteroatoms. The van der Waals surface area contributed by atoms with Crippen molar-refractivity contribution in [1.29, 1.82) is 0 Å². The highest BCUT2D eigenvalue weighted by Crippen LogP contribution is 2.52. The zero-order chi connectivity index (χ0) is 20.7. The Labute approximate surface area is 176 Å². The molecule has 0 saturated heterocycles. The zero-order valence-corrected chi connectivity index (χ0v) is 16.9. The van der Waals surface area contributed by atoms with Gasteiger partial charge >= 0.3 is 12.1 Å². The fourth-order valence-electron chi connectivity index (χ4n) is 5.57.